The van der Waals surface area contributed by atoms with Gasteiger partial charge in [0.15, 0.2) is 0 Å². The number of hydrogen-bond donors (Lipinski definition) is 1. The van der Waals surface area contributed by atoms with E-state index in [1.807, 2.05) is 0 Å². The van der Waals surface area contributed by atoms with E-state index in [4.69, 9.17) is 0 Å². The molecule has 2 aliphatic heterocycles. The van der Waals surface area contributed by atoms with Crippen LogP contribution < -0.4 is 5.32 Å². The van der Waals surface area contributed by atoms with Gasteiger partial charge in [0.25, 0.3) is 0 Å². The summed E-state index contributed by atoms with van der Waals surface area (Å²) in [7, 11) is 0. The lowest BCUT2D eigenvalue weighted by Crippen LogP contribution is -2.28. The molecule has 0 saturated carbocycles. The third kappa shape index (κ3) is 2.58. The number of anilines is 1. The average molecular weight is 272 g/mol. The molecule has 1 unspecified atom stereocenters. The number of rotatable bonds is 5. The number of nitrogens with one attached hydrogen (secondary N) is 1. The van der Waals surface area contributed by atoms with Crippen LogP contribution in [0.1, 0.15) is 51.0 Å². The Kier molecular flexibility index (Phi) is 4.02. The average Bonchev–Trinajstić information content (AvgIpc) is 3.10. The van der Waals surface area contributed by atoms with Gasteiger partial charge in [-0.1, -0.05) is 32.0 Å². The topological polar surface area (TPSA) is 15.3 Å². The van der Waals surface area contributed by atoms with Crippen LogP contribution in [0, 0.1) is 5.41 Å². The highest BCUT2D eigenvalue weighted by Crippen LogP contribution is 2.38. The van der Waals surface area contributed by atoms with Crippen LogP contribution in [0.15, 0.2) is 24.3 Å². The van der Waals surface area contributed by atoms with E-state index in [-0.39, 0.29) is 0 Å². The second kappa shape index (κ2) is 5.77. The van der Waals surface area contributed by atoms with E-state index in [1.165, 1.54) is 56.6 Å². The van der Waals surface area contributed by atoms with Crippen LogP contribution in [-0.2, 0) is 0 Å². The van der Waals surface area contributed by atoms with Gasteiger partial charge in [-0.2, -0.15) is 0 Å². The minimum absolute atomic E-state index is 0.617. The monoisotopic (exact) mass is 272 g/mol. The predicted octanol–water partition coefficient (Wildman–Crippen LogP) is 4.10. The second-order valence-electron chi connectivity index (χ2n) is 6.69. The maximum atomic E-state index is 3.55. The Morgan fingerprint density at radius 1 is 1.25 bits per heavy atom. The summed E-state index contributed by atoms with van der Waals surface area (Å²) in [4.78, 5) is 2.70. The normalized spacial score (nSPS) is 24.6. The summed E-state index contributed by atoms with van der Waals surface area (Å²) in [5, 5.41) is 3.55. The van der Waals surface area contributed by atoms with Gasteiger partial charge in [0.05, 0.1) is 0 Å². The molecule has 0 radical (unpaired) electrons. The van der Waals surface area contributed by atoms with Crippen LogP contribution in [0.25, 0.3) is 0 Å². The molecule has 0 spiro atoms. The Morgan fingerprint density at radius 2 is 2.05 bits per heavy atom. The molecule has 20 heavy (non-hydrogen) atoms. The van der Waals surface area contributed by atoms with E-state index in [1.54, 1.807) is 0 Å². The molecule has 0 aliphatic carbocycles. The van der Waals surface area contributed by atoms with Crippen molar-refractivity contribution in [3.63, 3.8) is 0 Å². The summed E-state index contributed by atoms with van der Waals surface area (Å²) in [6.07, 6.45) is 5.38. The third-order valence-electron chi connectivity index (χ3n) is 5.75. The van der Waals surface area contributed by atoms with Gasteiger partial charge in [-0.05, 0) is 55.8 Å². The molecule has 2 aliphatic rings. The Balaban J connectivity index is 1.54. The lowest BCUT2D eigenvalue weighted by Gasteiger charge is -2.27. The maximum Gasteiger partial charge on any atom is 0.0376 e. The highest BCUT2D eigenvalue weighted by Gasteiger charge is 2.35. The summed E-state index contributed by atoms with van der Waals surface area (Å²) in [6.45, 7) is 9.75. The molecule has 1 fully saturated rings. The third-order valence-corrected chi connectivity index (χ3v) is 5.75. The fraction of sp³-hybridized carbons (Fsp3) is 0.667. The lowest BCUT2D eigenvalue weighted by atomic mass is 9.82. The minimum Gasteiger partial charge on any atom is -0.384 e. The molecular formula is C18H28N2. The Hall–Kier alpha value is -1.02. The molecule has 1 aromatic rings. The molecule has 2 heteroatoms. The first-order valence-electron chi connectivity index (χ1n) is 8.31. The smallest absolute Gasteiger partial charge is 0.0376 e. The number of nitrogens with zero attached hydrogens (tertiary/aromatic N) is 1. The van der Waals surface area contributed by atoms with E-state index >= 15 is 0 Å². The molecule has 0 bridgehead atoms. The molecule has 1 N–H and O–H groups in total. The fourth-order valence-electron chi connectivity index (χ4n) is 4.00. The lowest BCUT2D eigenvalue weighted by molar-refractivity contribution is 0.236. The summed E-state index contributed by atoms with van der Waals surface area (Å²) in [5.74, 6) is 0.712. The first-order chi connectivity index (χ1) is 9.76. The first-order valence-corrected chi connectivity index (χ1v) is 8.31. The molecule has 2 nitrogen and oxygen atoms in total. The fourth-order valence-corrected chi connectivity index (χ4v) is 4.00. The van der Waals surface area contributed by atoms with Crippen molar-refractivity contribution in [3.8, 4) is 0 Å². The number of hydrogen-bond acceptors (Lipinski definition) is 2. The zero-order valence-corrected chi connectivity index (χ0v) is 13.0. The van der Waals surface area contributed by atoms with Crippen molar-refractivity contribution in [2.24, 2.45) is 5.41 Å². The number of fused-ring (bicyclic) bond motifs is 1. The molecule has 1 aromatic carbocycles. The van der Waals surface area contributed by atoms with E-state index in [2.05, 4.69) is 48.3 Å². The van der Waals surface area contributed by atoms with Crippen LogP contribution in [0.4, 0.5) is 5.69 Å². The quantitative estimate of drug-likeness (QED) is 0.868. The van der Waals surface area contributed by atoms with Crippen molar-refractivity contribution in [1.29, 1.82) is 0 Å². The van der Waals surface area contributed by atoms with Crippen LogP contribution in [0.2, 0.25) is 0 Å². The zero-order chi connectivity index (χ0) is 14.0. The molecule has 2 heterocycles. The summed E-state index contributed by atoms with van der Waals surface area (Å²) >= 11 is 0. The van der Waals surface area contributed by atoms with Gasteiger partial charge in [0.2, 0.25) is 0 Å². The highest BCUT2D eigenvalue weighted by molar-refractivity contribution is 5.57. The summed E-state index contributed by atoms with van der Waals surface area (Å²) in [6, 6.07) is 8.82. The van der Waals surface area contributed by atoms with Gasteiger partial charge < -0.3 is 10.2 Å². The SMILES string of the molecule is CCC1(CC)CCN(CCC2CNc3ccccc32)C1. The standard InChI is InChI=1S/C18H28N2/c1-3-18(4-2)10-12-20(14-18)11-9-15-13-19-17-8-6-5-7-16(15)17/h5-8,15,19H,3-4,9-14H2,1-2H3. The molecule has 3 rings (SSSR count). The molecule has 0 amide bonds. The Bertz CT molecular complexity index is 450. The number of likely N-dealkylation sites (tertiary alicyclic amines) is 1. The molecular weight excluding hydrogens is 244 g/mol. The molecule has 110 valence electrons. The van der Waals surface area contributed by atoms with E-state index in [0.717, 1.165) is 6.54 Å². The van der Waals surface area contributed by atoms with E-state index in [0.29, 0.717) is 11.3 Å². The van der Waals surface area contributed by atoms with Crippen molar-refractivity contribution in [2.45, 2.75) is 45.4 Å². The van der Waals surface area contributed by atoms with Crippen molar-refractivity contribution in [3.05, 3.63) is 29.8 Å². The van der Waals surface area contributed by atoms with Crippen molar-refractivity contribution in [2.75, 3.05) is 31.5 Å². The Labute approximate surface area is 123 Å². The Morgan fingerprint density at radius 3 is 2.80 bits per heavy atom. The minimum atomic E-state index is 0.617. The van der Waals surface area contributed by atoms with Crippen LogP contribution in [-0.4, -0.2) is 31.1 Å². The number of benzene rings is 1. The van der Waals surface area contributed by atoms with Gasteiger partial charge in [-0.3, -0.25) is 0 Å². The van der Waals surface area contributed by atoms with Gasteiger partial charge in [-0.15, -0.1) is 0 Å². The second-order valence-corrected chi connectivity index (χ2v) is 6.69. The summed E-state index contributed by atoms with van der Waals surface area (Å²) in [5.41, 5.74) is 3.51. The van der Waals surface area contributed by atoms with E-state index < -0.39 is 0 Å². The van der Waals surface area contributed by atoms with Crippen LogP contribution in [0.5, 0.6) is 0 Å². The van der Waals surface area contributed by atoms with E-state index in [9.17, 15) is 0 Å². The molecule has 1 atom stereocenters. The largest absolute Gasteiger partial charge is 0.384 e. The van der Waals surface area contributed by atoms with Gasteiger partial charge in [-0.25, -0.2) is 0 Å². The highest BCUT2D eigenvalue weighted by atomic mass is 15.2. The van der Waals surface area contributed by atoms with Gasteiger partial charge >= 0.3 is 0 Å². The van der Waals surface area contributed by atoms with Crippen molar-refractivity contribution >= 4 is 5.69 Å². The summed E-state index contributed by atoms with van der Waals surface area (Å²) < 4.78 is 0. The molecule has 0 aromatic heterocycles. The first kappa shape index (κ1) is 13.9. The number of para-hydroxylation sites is 1. The van der Waals surface area contributed by atoms with Gasteiger partial charge in [0.1, 0.15) is 0 Å². The maximum absolute atomic E-state index is 3.55. The zero-order valence-electron chi connectivity index (χ0n) is 13.0. The van der Waals surface area contributed by atoms with Crippen molar-refractivity contribution < 1.29 is 0 Å². The van der Waals surface area contributed by atoms with Crippen LogP contribution >= 0.6 is 0 Å². The molecule has 1 saturated heterocycles. The van der Waals surface area contributed by atoms with Gasteiger partial charge in [0, 0.05) is 24.7 Å². The van der Waals surface area contributed by atoms with Crippen LogP contribution in [0.3, 0.4) is 0 Å². The van der Waals surface area contributed by atoms with Crippen molar-refractivity contribution in [1.82, 2.24) is 4.90 Å². The predicted molar refractivity (Wildman–Crippen MR) is 86.4 cm³/mol.